The molecule has 13 heteroatoms. The third-order valence-corrected chi connectivity index (χ3v) is 9.25. The minimum absolute atomic E-state index is 0.0473. The summed E-state index contributed by atoms with van der Waals surface area (Å²) in [4.78, 5) is 15.7. The van der Waals surface area contributed by atoms with E-state index in [4.69, 9.17) is 0 Å². The number of aromatic nitrogens is 1. The first-order valence-electron chi connectivity index (χ1n) is 9.53. The van der Waals surface area contributed by atoms with E-state index in [2.05, 4.69) is 4.98 Å². The Bertz CT molecular complexity index is 1590. The van der Waals surface area contributed by atoms with Crippen LogP contribution in [0.2, 0.25) is 0 Å². The number of carbonyl (C=O) groups is 1. The second-order valence-electron chi connectivity index (χ2n) is 7.38. The predicted molar refractivity (Wildman–Crippen MR) is 132 cm³/mol. The minimum atomic E-state index is -3.90. The second kappa shape index (κ2) is 8.82. The van der Waals surface area contributed by atoms with Crippen LogP contribution in [0.4, 0.5) is 15.1 Å². The number of thiazole rings is 1. The Morgan fingerprint density at radius 3 is 2.44 bits per heavy atom. The third-order valence-electron chi connectivity index (χ3n) is 5.04. The van der Waals surface area contributed by atoms with E-state index in [1.54, 1.807) is 19.9 Å². The first-order valence-corrected chi connectivity index (χ1v) is 14.1. The standard InChI is InChI=1S/C21H17FN2O6S4/c1-10-14-9-13(22)5-7-16(14)32-20(10)24(33(27)28)15-6-4-12(8-17(15)34(3,29)30)19-23-18(21(25)26)11(2)31-19/h4-9H,1-3H3,(H,25,26)(H,27,28). The summed E-state index contributed by atoms with van der Waals surface area (Å²) in [7, 11) is -3.90. The van der Waals surface area contributed by atoms with Gasteiger partial charge in [-0.05, 0) is 55.8 Å². The van der Waals surface area contributed by atoms with Crippen molar-refractivity contribution in [1.29, 1.82) is 0 Å². The van der Waals surface area contributed by atoms with Crippen molar-refractivity contribution >= 4 is 70.5 Å². The highest BCUT2D eigenvalue weighted by atomic mass is 32.2. The molecule has 1 unspecified atom stereocenters. The predicted octanol–water partition coefficient (Wildman–Crippen LogP) is 5.16. The normalized spacial score (nSPS) is 12.7. The molecule has 0 saturated heterocycles. The summed E-state index contributed by atoms with van der Waals surface area (Å²) < 4.78 is 63.5. The van der Waals surface area contributed by atoms with E-state index in [9.17, 15) is 31.5 Å². The highest BCUT2D eigenvalue weighted by molar-refractivity contribution is 7.91. The molecule has 0 aliphatic rings. The Hall–Kier alpha value is -2.71. The lowest BCUT2D eigenvalue weighted by Gasteiger charge is -2.22. The van der Waals surface area contributed by atoms with Gasteiger partial charge in [-0.3, -0.25) is 4.55 Å². The SMILES string of the molecule is Cc1sc(-c2ccc(N(c3sc4ccc(F)cc4c3C)S(=O)O)c(S(C)(=O)=O)c2)nc1C(=O)O. The number of rotatable bonds is 6. The van der Waals surface area contributed by atoms with Crippen molar-refractivity contribution in [3.05, 3.63) is 58.3 Å². The van der Waals surface area contributed by atoms with Crippen LogP contribution >= 0.6 is 22.7 Å². The fourth-order valence-electron chi connectivity index (χ4n) is 3.47. The van der Waals surface area contributed by atoms with Crippen LogP contribution < -0.4 is 4.31 Å². The molecular weight excluding hydrogens is 524 g/mol. The first kappa shape index (κ1) is 24.4. The summed E-state index contributed by atoms with van der Waals surface area (Å²) >= 11 is -0.431. The molecule has 4 rings (SSSR count). The number of halogens is 1. The van der Waals surface area contributed by atoms with Gasteiger partial charge in [0.1, 0.15) is 15.8 Å². The van der Waals surface area contributed by atoms with E-state index in [0.29, 0.717) is 31.1 Å². The van der Waals surface area contributed by atoms with Crippen molar-refractivity contribution < 1.29 is 31.5 Å². The topological polar surface area (TPSA) is 125 Å². The molecule has 2 N–H and O–H groups in total. The third kappa shape index (κ3) is 4.36. The summed E-state index contributed by atoms with van der Waals surface area (Å²) in [6.07, 6.45) is 0.969. The van der Waals surface area contributed by atoms with E-state index >= 15 is 0 Å². The number of benzene rings is 2. The number of aryl methyl sites for hydroxylation is 2. The Morgan fingerprint density at radius 1 is 1.15 bits per heavy atom. The summed E-state index contributed by atoms with van der Waals surface area (Å²) in [6, 6.07) is 8.33. The fraction of sp³-hybridized carbons (Fsp3) is 0.143. The molecule has 2 aromatic heterocycles. The number of fused-ring (bicyclic) bond motifs is 1. The van der Waals surface area contributed by atoms with Gasteiger partial charge in [0.2, 0.25) is 0 Å². The van der Waals surface area contributed by atoms with Gasteiger partial charge in [0.05, 0.1) is 10.6 Å². The smallest absolute Gasteiger partial charge is 0.355 e. The zero-order chi connectivity index (χ0) is 24.9. The lowest BCUT2D eigenvalue weighted by atomic mass is 10.1. The molecule has 2 heterocycles. The molecule has 34 heavy (non-hydrogen) atoms. The van der Waals surface area contributed by atoms with Crippen molar-refractivity contribution in [2.45, 2.75) is 18.7 Å². The molecule has 0 aliphatic heterocycles. The average Bonchev–Trinajstić information content (AvgIpc) is 3.28. The van der Waals surface area contributed by atoms with E-state index in [-0.39, 0.29) is 21.3 Å². The maximum Gasteiger partial charge on any atom is 0.355 e. The molecule has 2 aromatic carbocycles. The highest BCUT2D eigenvalue weighted by Crippen LogP contribution is 2.44. The quantitative estimate of drug-likeness (QED) is 0.324. The van der Waals surface area contributed by atoms with Crippen molar-refractivity contribution in [2.24, 2.45) is 0 Å². The van der Waals surface area contributed by atoms with Gasteiger partial charge in [-0.1, -0.05) is 0 Å². The molecule has 178 valence electrons. The van der Waals surface area contributed by atoms with Crippen molar-refractivity contribution in [1.82, 2.24) is 4.98 Å². The minimum Gasteiger partial charge on any atom is -0.476 e. The van der Waals surface area contributed by atoms with Gasteiger partial charge in [0.15, 0.2) is 15.5 Å². The van der Waals surface area contributed by atoms with Gasteiger partial charge >= 0.3 is 5.97 Å². The Labute approximate surface area is 204 Å². The van der Waals surface area contributed by atoms with Crippen LogP contribution in [0.25, 0.3) is 20.7 Å². The molecule has 0 bridgehead atoms. The molecular formula is C21H17FN2O6S4. The number of carboxylic acids is 1. The van der Waals surface area contributed by atoms with Crippen LogP contribution in [-0.2, 0) is 21.1 Å². The molecule has 0 fully saturated rings. The number of anilines is 2. The van der Waals surface area contributed by atoms with Crippen molar-refractivity contribution in [2.75, 3.05) is 10.6 Å². The molecule has 0 aliphatic carbocycles. The molecule has 4 aromatic rings. The molecule has 0 spiro atoms. The summed E-state index contributed by atoms with van der Waals surface area (Å²) in [5.41, 5.74) is 0.695. The second-order valence-corrected chi connectivity index (χ2v) is 12.4. The first-order chi connectivity index (χ1) is 15.9. The number of sulfone groups is 1. The van der Waals surface area contributed by atoms with Crippen LogP contribution in [0.3, 0.4) is 0 Å². The maximum absolute atomic E-state index is 13.8. The zero-order valence-electron chi connectivity index (χ0n) is 17.9. The summed E-state index contributed by atoms with van der Waals surface area (Å²) in [5, 5.41) is 10.4. The van der Waals surface area contributed by atoms with Crippen LogP contribution in [0.15, 0.2) is 41.3 Å². The van der Waals surface area contributed by atoms with E-state index in [1.807, 2.05) is 0 Å². The molecule has 8 nitrogen and oxygen atoms in total. The van der Waals surface area contributed by atoms with Crippen molar-refractivity contribution in [3.8, 4) is 10.6 Å². The van der Waals surface area contributed by atoms with E-state index in [1.165, 1.54) is 30.3 Å². The average molecular weight is 541 g/mol. The number of nitrogens with zero attached hydrogens (tertiary/aromatic N) is 2. The van der Waals surface area contributed by atoms with Crippen LogP contribution in [0.1, 0.15) is 20.9 Å². The van der Waals surface area contributed by atoms with Gasteiger partial charge in [-0.25, -0.2) is 31.1 Å². The lowest BCUT2D eigenvalue weighted by Crippen LogP contribution is -2.21. The van der Waals surface area contributed by atoms with Crippen molar-refractivity contribution in [3.63, 3.8) is 0 Å². The molecule has 0 radical (unpaired) electrons. The highest BCUT2D eigenvalue weighted by Gasteiger charge is 2.28. The lowest BCUT2D eigenvalue weighted by molar-refractivity contribution is 0.0690. The monoisotopic (exact) mass is 540 g/mol. The number of hydrogen-bond acceptors (Lipinski definition) is 7. The van der Waals surface area contributed by atoms with Gasteiger partial charge in [-0.15, -0.1) is 22.7 Å². The summed E-state index contributed by atoms with van der Waals surface area (Å²) in [5.74, 6) is -1.66. The summed E-state index contributed by atoms with van der Waals surface area (Å²) in [6.45, 7) is 3.26. The van der Waals surface area contributed by atoms with Crippen LogP contribution in [0, 0.1) is 19.7 Å². The number of aromatic carboxylic acids is 1. The van der Waals surface area contributed by atoms with Crippen LogP contribution in [-0.4, -0.2) is 39.5 Å². The van der Waals surface area contributed by atoms with Gasteiger partial charge in [0.25, 0.3) is 11.3 Å². The molecule has 0 saturated carbocycles. The Balaban J connectivity index is 1.93. The number of hydrogen-bond donors (Lipinski definition) is 2. The maximum atomic E-state index is 13.8. The van der Waals surface area contributed by atoms with Gasteiger partial charge in [-0.2, -0.15) is 0 Å². The zero-order valence-corrected chi connectivity index (χ0v) is 21.2. The van der Waals surface area contributed by atoms with Gasteiger partial charge < -0.3 is 5.11 Å². The number of thiophene rings is 1. The fourth-order valence-corrected chi connectivity index (χ4v) is 7.33. The van der Waals surface area contributed by atoms with E-state index in [0.717, 1.165) is 33.2 Å². The van der Waals surface area contributed by atoms with E-state index < -0.39 is 32.9 Å². The largest absolute Gasteiger partial charge is 0.476 e. The molecule has 1 atom stereocenters. The Morgan fingerprint density at radius 2 is 1.85 bits per heavy atom. The number of carboxylic acid groups (broad SMARTS) is 1. The Kier molecular flexibility index (Phi) is 6.33. The van der Waals surface area contributed by atoms with Crippen LogP contribution in [0.5, 0.6) is 0 Å². The van der Waals surface area contributed by atoms with Gasteiger partial charge in [0, 0.05) is 26.8 Å². The molecule has 0 amide bonds.